The molecule has 1 unspecified atom stereocenters. The molecular weight excluding hydrogens is 359 g/mol. The largest absolute Gasteiger partial charge is 0.465 e. The van der Waals surface area contributed by atoms with Crippen LogP contribution in [-0.2, 0) is 14.8 Å². The number of nitrogens with two attached hydrogens (primary N) is 1. The van der Waals surface area contributed by atoms with Crippen molar-refractivity contribution in [3.63, 3.8) is 0 Å². The number of nitrogens with zero attached hydrogens (tertiary/aromatic N) is 1. The topological polar surface area (TPSA) is 89.7 Å². The summed E-state index contributed by atoms with van der Waals surface area (Å²) in [5, 5.41) is 0. The van der Waals surface area contributed by atoms with E-state index in [0.717, 1.165) is 25.3 Å². The summed E-state index contributed by atoms with van der Waals surface area (Å²) in [6, 6.07) is 3.02. The molecule has 1 fully saturated rings. The number of halogens is 2. The van der Waals surface area contributed by atoms with E-state index in [4.69, 9.17) is 5.73 Å². The summed E-state index contributed by atoms with van der Waals surface area (Å²) in [4.78, 5) is 11.5. The lowest BCUT2D eigenvalue weighted by Gasteiger charge is -2.33. The Kier molecular flexibility index (Phi) is 7.15. The van der Waals surface area contributed by atoms with Crippen LogP contribution in [0.1, 0.15) is 30.1 Å². The molecule has 0 radical (unpaired) electrons. The smallest absolute Gasteiger partial charge is 0.339 e. The molecule has 0 saturated carbocycles. The summed E-state index contributed by atoms with van der Waals surface area (Å²) in [6.07, 6.45) is 1.32. The van der Waals surface area contributed by atoms with Gasteiger partial charge in [-0.25, -0.2) is 17.6 Å². The van der Waals surface area contributed by atoms with Crippen molar-refractivity contribution < 1.29 is 22.3 Å². The van der Waals surface area contributed by atoms with Crippen LogP contribution in [0, 0.1) is 11.7 Å². The molecule has 0 amide bonds. The second-order valence-corrected chi connectivity index (χ2v) is 7.64. The highest BCUT2D eigenvalue weighted by Crippen LogP contribution is 2.27. The Hall–Kier alpha value is -1.22. The molecule has 1 aromatic rings. The van der Waals surface area contributed by atoms with Crippen LogP contribution in [0.5, 0.6) is 0 Å². The number of carbonyl (C=O) groups excluding carboxylic acids is 1. The standard InChI is InChI=1S/C15H21FN2O4S.ClH/c1-10(17)11-5-7-18(8-6-11)23(20,21)14-4-3-12(16)9-13(14)15(19)22-2;/h3-4,9-11H,5-8,17H2,1-2H3;1H. The van der Waals surface area contributed by atoms with Gasteiger partial charge in [-0.15, -0.1) is 12.4 Å². The van der Waals surface area contributed by atoms with Gasteiger partial charge in [-0.3, -0.25) is 0 Å². The first kappa shape index (κ1) is 20.8. The zero-order valence-electron chi connectivity index (χ0n) is 13.6. The molecule has 0 bridgehead atoms. The van der Waals surface area contributed by atoms with Crippen molar-refractivity contribution in [2.24, 2.45) is 11.7 Å². The lowest BCUT2D eigenvalue weighted by atomic mass is 9.92. The number of rotatable bonds is 4. The molecule has 2 N–H and O–H groups in total. The highest BCUT2D eigenvalue weighted by Gasteiger charge is 2.33. The lowest BCUT2D eigenvalue weighted by Crippen LogP contribution is -2.42. The van der Waals surface area contributed by atoms with Crippen LogP contribution in [0.3, 0.4) is 0 Å². The van der Waals surface area contributed by atoms with Crippen LogP contribution in [0.4, 0.5) is 4.39 Å². The van der Waals surface area contributed by atoms with E-state index < -0.39 is 21.8 Å². The molecule has 0 aliphatic carbocycles. The third kappa shape index (κ3) is 4.24. The SMILES string of the molecule is COC(=O)c1cc(F)ccc1S(=O)(=O)N1CCC(C(C)N)CC1.Cl. The fraction of sp³-hybridized carbons (Fsp3) is 0.533. The summed E-state index contributed by atoms with van der Waals surface area (Å²) >= 11 is 0. The van der Waals surface area contributed by atoms with Gasteiger partial charge in [0.2, 0.25) is 10.0 Å². The van der Waals surface area contributed by atoms with Crippen molar-refractivity contribution in [1.82, 2.24) is 4.31 Å². The normalized spacial score (nSPS) is 17.8. The van der Waals surface area contributed by atoms with Gasteiger partial charge in [0, 0.05) is 19.1 Å². The van der Waals surface area contributed by atoms with Crippen LogP contribution in [0.2, 0.25) is 0 Å². The van der Waals surface area contributed by atoms with Gasteiger partial charge < -0.3 is 10.5 Å². The van der Waals surface area contributed by atoms with Crippen LogP contribution >= 0.6 is 12.4 Å². The molecule has 1 aromatic carbocycles. The first-order valence-corrected chi connectivity index (χ1v) is 8.85. The Morgan fingerprint density at radius 3 is 2.46 bits per heavy atom. The fourth-order valence-electron chi connectivity index (χ4n) is 2.78. The minimum absolute atomic E-state index is 0. The zero-order chi connectivity index (χ0) is 17.2. The molecule has 1 aliphatic rings. The molecule has 2 rings (SSSR count). The average molecular weight is 381 g/mol. The molecule has 6 nitrogen and oxygen atoms in total. The summed E-state index contributed by atoms with van der Waals surface area (Å²) in [7, 11) is -2.77. The monoisotopic (exact) mass is 380 g/mol. The number of sulfonamides is 1. The third-order valence-electron chi connectivity index (χ3n) is 4.21. The molecule has 0 aromatic heterocycles. The van der Waals surface area contributed by atoms with Gasteiger partial charge in [0.25, 0.3) is 0 Å². The van der Waals surface area contributed by atoms with E-state index in [1.54, 1.807) is 0 Å². The molecule has 1 saturated heterocycles. The first-order valence-electron chi connectivity index (χ1n) is 7.41. The van der Waals surface area contributed by atoms with Crippen molar-refractivity contribution in [2.75, 3.05) is 20.2 Å². The predicted molar refractivity (Wildman–Crippen MR) is 90.1 cm³/mol. The van der Waals surface area contributed by atoms with E-state index >= 15 is 0 Å². The predicted octanol–water partition coefficient (Wildman–Crippen LogP) is 1.78. The van der Waals surface area contributed by atoms with Gasteiger partial charge in [-0.2, -0.15) is 4.31 Å². The Morgan fingerprint density at radius 1 is 1.38 bits per heavy atom. The van der Waals surface area contributed by atoms with Crippen molar-refractivity contribution in [3.8, 4) is 0 Å². The number of hydrogen-bond donors (Lipinski definition) is 1. The zero-order valence-corrected chi connectivity index (χ0v) is 15.2. The highest BCUT2D eigenvalue weighted by molar-refractivity contribution is 7.89. The van der Waals surface area contributed by atoms with Crippen LogP contribution < -0.4 is 5.73 Å². The Bertz CT molecular complexity index is 689. The number of hydrogen-bond acceptors (Lipinski definition) is 5. The maximum Gasteiger partial charge on any atom is 0.339 e. The van der Waals surface area contributed by atoms with Crippen molar-refractivity contribution in [1.29, 1.82) is 0 Å². The molecule has 24 heavy (non-hydrogen) atoms. The van der Waals surface area contributed by atoms with Gasteiger partial charge in [0.05, 0.1) is 17.6 Å². The van der Waals surface area contributed by atoms with Gasteiger partial charge in [-0.05, 0) is 43.9 Å². The summed E-state index contributed by atoms with van der Waals surface area (Å²) in [6.45, 7) is 2.56. The Morgan fingerprint density at radius 2 is 1.96 bits per heavy atom. The molecule has 136 valence electrons. The summed E-state index contributed by atoms with van der Waals surface area (Å²) in [5.74, 6) is -1.30. The number of ether oxygens (including phenoxy) is 1. The van der Waals surface area contributed by atoms with E-state index in [1.165, 1.54) is 4.31 Å². The van der Waals surface area contributed by atoms with E-state index in [0.29, 0.717) is 25.9 Å². The molecule has 1 aliphatic heterocycles. The molecule has 1 atom stereocenters. The molecule has 1 heterocycles. The van der Waals surface area contributed by atoms with Crippen LogP contribution in [-0.4, -0.2) is 44.9 Å². The second kappa shape index (κ2) is 8.24. The minimum Gasteiger partial charge on any atom is -0.465 e. The van der Waals surface area contributed by atoms with Crippen molar-refractivity contribution in [2.45, 2.75) is 30.7 Å². The maximum atomic E-state index is 13.4. The van der Waals surface area contributed by atoms with Crippen molar-refractivity contribution in [3.05, 3.63) is 29.6 Å². The quantitative estimate of drug-likeness (QED) is 0.804. The molecule has 9 heteroatoms. The average Bonchev–Trinajstić information content (AvgIpc) is 2.53. The van der Waals surface area contributed by atoms with E-state index in [2.05, 4.69) is 4.74 Å². The van der Waals surface area contributed by atoms with Gasteiger partial charge in [-0.1, -0.05) is 0 Å². The van der Waals surface area contributed by atoms with Crippen LogP contribution in [0.25, 0.3) is 0 Å². The van der Waals surface area contributed by atoms with Crippen molar-refractivity contribution >= 4 is 28.4 Å². The Labute approximate surface area is 147 Å². The number of carbonyl (C=O) groups is 1. The summed E-state index contributed by atoms with van der Waals surface area (Å²) < 4.78 is 44.8. The van der Waals surface area contributed by atoms with E-state index in [1.807, 2.05) is 6.92 Å². The maximum absolute atomic E-state index is 13.4. The first-order chi connectivity index (χ1) is 10.8. The minimum atomic E-state index is -3.89. The number of esters is 1. The van der Waals surface area contributed by atoms with Gasteiger partial charge in [0.1, 0.15) is 5.82 Å². The highest BCUT2D eigenvalue weighted by atomic mass is 35.5. The van der Waals surface area contributed by atoms with E-state index in [-0.39, 0.29) is 34.8 Å². The summed E-state index contributed by atoms with van der Waals surface area (Å²) in [5.41, 5.74) is 5.57. The number of methoxy groups -OCH3 is 1. The van der Waals surface area contributed by atoms with Gasteiger partial charge in [0.15, 0.2) is 0 Å². The third-order valence-corrected chi connectivity index (χ3v) is 6.16. The fourth-order valence-corrected chi connectivity index (χ4v) is 4.41. The lowest BCUT2D eigenvalue weighted by molar-refractivity contribution is 0.0595. The number of piperidine rings is 1. The van der Waals surface area contributed by atoms with E-state index in [9.17, 15) is 17.6 Å². The second-order valence-electron chi connectivity index (χ2n) is 5.73. The molecule has 0 spiro atoms. The molecular formula is C15H22ClFN2O4S. The number of benzene rings is 1. The van der Waals surface area contributed by atoms with Gasteiger partial charge >= 0.3 is 5.97 Å². The Balaban J connectivity index is 0.00000288. The van der Waals surface area contributed by atoms with Crippen LogP contribution in [0.15, 0.2) is 23.1 Å².